The number of amides is 1. The van der Waals surface area contributed by atoms with Crippen LogP contribution >= 0.6 is 0 Å². The fourth-order valence-corrected chi connectivity index (χ4v) is 1.99. The fourth-order valence-electron chi connectivity index (χ4n) is 1.99. The van der Waals surface area contributed by atoms with Crippen molar-refractivity contribution in [1.82, 2.24) is 4.90 Å². The van der Waals surface area contributed by atoms with E-state index in [0.717, 1.165) is 0 Å². The second-order valence-corrected chi connectivity index (χ2v) is 4.30. The minimum atomic E-state index is -0.895. The molecule has 1 heterocycles. The van der Waals surface area contributed by atoms with E-state index >= 15 is 0 Å². The van der Waals surface area contributed by atoms with E-state index in [1.807, 2.05) is 0 Å². The number of aliphatic hydroxyl groups excluding tert-OH is 2. The molecule has 0 radical (unpaired) electrons. The molecule has 2 atom stereocenters. The minimum absolute atomic E-state index is 0.119. The molecule has 1 aliphatic heterocycles. The molecule has 4 N–H and O–H groups in total. The van der Waals surface area contributed by atoms with Crippen LogP contribution in [0, 0.1) is 0 Å². The summed E-state index contributed by atoms with van der Waals surface area (Å²) in [6.45, 7) is 0.237. The van der Waals surface area contributed by atoms with Crippen molar-refractivity contribution in [3.8, 4) is 5.75 Å². The van der Waals surface area contributed by atoms with Gasteiger partial charge in [-0.25, -0.2) is 0 Å². The first kappa shape index (κ1) is 12.7. The molecular formula is C12H16N2O4. The molecule has 6 heteroatoms. The third kappa shape index (κ3) is 2.25. The van der Waals surface area contributed by atoms with Crippen LogP contribution in [0.3, 0.4) is 0 Å². The van der Waals surface area contributed by atoms with Gasteiger partial charge in [-0.2, -0.15) is 0 Å². The number of carbonyl (C=O) groups is 1. The van der Waals surface area contributed by atoms with Crippen molar-refractivity contribution in [2.24, 2.45) is 0 Å². The summed E-state index contributed by atoms with van der Waals surface area (Å²) in [5, 5.41) is 18.9. The van der Waals surface area contributed by atoms with Crippen molar-refractivity contribution in [2.75, 3.05) is 25.9 Å². The monoisotopic (exact) mass is 252 g/mol. The van der Waals surface area contributed by atoms with E-state index in [1.165, 1.54) is 12.0 Å². The van der Waals surface area contributed by atoms with Crippen LogP contribution in [0.25, 0.3) is 0 Å². The number of methoxy groups -OCH3 is 1. The van der Waals surface area contributed by atoms with E-state index in [0.29, 0.717) is 17.0 Å². The van der Waals surface area contributed by atoms with Crippen LogP contribution in [-0.4, -0.2) is 53.4 Å². The van der Waals surface area contributed by atoms with Gasteiger partial charge in [0.2, 0.25) is 0 Å². The van der Waals surface area contributed by atoms with Gasteiger partial charge in [0.25, 0.3) is 5.91 Å². The molecule has 98 valence electrons. The Labute approximate surface area is 105 Å². The van der Waals surface area contributed by atoms with Crippen LogP contribution < -0.4 is 10.5 Å². The van der Waals surface area contributed by atoms with Gasteiger partial charge in [0.1, 0.15) is 5.75 Å². The summed E-state index contributed by atoms with van der Waals surface area (Å²) in [7, 11) is 1.46. The summed E-state index contributed by atoms with van der Waals surface area (Å²) >= 11 is 0. The average molecular weight is 252 g/mol. The Morgan fingerprint density at radius 2 is 2.00 bits per heavy atom. The summed E-state index contributed by atoms with van der Waals surface area (Å²) in [6.07, 6.45) is -1.79. The van der Waals surface area contributed by atoms with Gasteiger partial charge in [-0.1, -0.05) is 0 Å². The van der Waals surface area contributed by atoms with Crippen LogP contribution in [0.5, 0.6) is 5.75 Å². The van der Waals surface area contributed by atoms with Gasteiger partial charge >= 0.3 is 0 Å². The highest BCUT2D eigenvalue weighted by Crippen LogP contribution is 2.24. The van der Waals surface area contributed by atoms with Gasteiger partial charge < -0.3 is 25.6 Å². The van der Waals surface area contributed by atoms with E-state index < -0.39 is 12.2 Å². The molecule has 0 saturated carbocycles. The van der Waals surface area contributed by atoms with E-state index in [9.17, 15) is 15.0 Å². The summed E-state index contributed by atoms with van der Waals surface area (Å²) in [6, 6.07) is 4.75. The SMILES string of the molecule is COc1cc(N)ccc1C(=O)N1C[C@@H](O)[C@@H](O)C1. The molecule has 1 fully saturated rings. The predicted molar refractivity (Wildman–Crippen MR) is 65.3 cm³/mol. The Balaban J connectivity index is 2.24. The maximum absolute atomic E-state index is 12.2. The largest absolute Gasteiger partial charge is 0.496 e. The zero-order valence-corrected chi connectivity index (χ0v) is 10.0. The standard InChI is InChI=1S/C12H16N2O4/c1-18-11-4-7(13)2-3-8(11)12(17)14-5-9(15)10(16)6-14/h2-4,9-10,15-16H,5-6,13H2,1H3/t9-,10+. The van der Waals surface area contributed by atoms with Crippen LogP contribution in [0.4, 0.5) is 5.69 Å². The quantitative estimate of drug-likeness (QED) is 0.614. The topological polar surface area (TPSA) is 96.0 Å². The number of ether oxygens (including phenoxy) is 1. The third-order valence-corrected chi connectivity index (χ3v) is 3.00. The summed E-state index contributed by atoms with van der Waals surface area (Å²) in [5.74, 6) is 0.0957. The molecule has 0 bridgehead atoms. The van der Waals surface area contributed by atoms with Crippen molar-refractivity contribution in [1.29, 1.82) is 0 Å². The Bertz CT molecular complexity index is 453. The maximum Gasteiger partial charge on any atom is 0.257 e. The third-order valence-electron chi connectivity index (χ3n) is 3.00. The Morgan fingerprint density at radius 1 is 1.39 bits per heavy atom. The average Bonchev–Trinajstić information content (AvgIpc) is 2.68. The van der Waals surface area contributed by atoms with Gasteiger partial charge in [0.05, 0.1) is 24.9 Å². The second-order valence-electron chi connectivity index (χ2n) is 4.30. The highest BCUT2D eigenvalue weighted by molar-refractivity contribution is 5.97. The lowest BCUT2D eigenvalue weighted by Crippen LogP contribution is -2.30. The number of nitrogens with two attached hydrogens (primary N) is 1. The normalized spacial score (nSPS) is 23.2. The van der Waals surface area contributed by atoms with Crippen molar-refractivity contribution >= 4 is 11.6 Å². The number of hydrogen-bond acceptors (Lipinski definition) is 5. The van der Waals surface area contributed by atoms with Crippen LogP contribution in [0.2, 0.25) is 0 Å². The highest BCUT2D eigenvalue weighted by Gasteiger charge is 2.33. The molecule has 1 aromatic rings. The van der Waals surface area contributed by atoms with E-state index in [1.54, 1.807) is 18.2 Å². The molecule has 0 aliphatic carbocycles. The number of rotatable bonds is 2. The van der Waals surface area contributed by atoms with Crippen molar-refractivity contribution in [2.45, 2.75) is 12.2 Å². The number of β-amino-alcohol motifs (C(OH)–C–C–N with tert-alkyl or cyclic N) is 2. The molecule has 18 heavy (non-hydrogen) atoms. The zero-order valence-electron chi connectivity index (χ0n) is 10.0. The number of carbonyl (C=O) groups excluding carboxylic acids is 1. The molecule has 1 aromatic carbocycles. The van der Waals surface area contributed by atoms with Gasteiger partial charge in [-0.15, -0.1) is 0 Å². The number of hydrogen-bond donors (Lipinski definition) is 3. The molecule has 1 amide bonds. The number of likely N-dealkylation sites (tertiary alicyclic amines) is 1. The van der Waals surface area contributed by atoms with Crippen molar-refractivity contribution in [3.63, 3.8) is 0 Å². The molecule has 1 aliphatic rings. The predicted octanol–water partition coefficient (Wildman–Crippen LogP) is -0.545. The summed E-state index contributed by atoms with van der Waals surface area (Å²) < 4.78 is 5.11. The zero-order chi connectivity index (χ0) is 13.3. The highest BCUT2D eigenvalue weighted by atomic mass is 16.5. The number of nitrogen functional groups attached to an aromatic ring is 1. The van der Waals surface area contributed by atoms with Crippen molar-refractivity contribution < 1.29 is 19.7 Å². The second kappa shape index (κ2) is 4.83. The summed E-state index contributed by atoms with van der Waals surface area (Å²) in [5.41, 5.74) is 6.49. The first-order valence-electron chi connectivity index (χ1n) is 5.62. The Morgan fingerprint density at radius 3 is 2.56 bits per heavy atom. The molecule has 1 saturated heterocycles. The molecule has 0 aromatic heterocycles. The van der Waals surface area contributed by atoms with Crippen LogP contribution in [0.15, 0.2) is 18.2 Å². The lowest BCUT2D eigenvalue weighted by atomic mass is 10.1. The van der Waals surface area contributed by atoms with Gasteiger partial charge in [-0.3, -0.25) is 4.79 Å². The first-order chi connectivity index (χ1) is 8.52. The van der Waals surface area contributed by atoms with E-state index in [4.69, 9.17) is 10.5 Å². The Hall–Kier alpha value is -1.79. The van der Waals surface area contributed by atoms with Crippen LogP contribution in [-0.2, 0) is 0 Å². The van der Waals surface area contributed by atoms with Gasteiger partial charge in [0, 0.05) is 24.8 Å². The fraction of sp³-hybridized carbons (Fsp3) is 0.417. The number of nitrogens with zero attached hydrogens (tertiary/aromatic N) is 1. The van der Waals surface area contributed by atoms with E-state index in [2.05, 4.69) is 0 Å². The maximum atomic E-state index is 12.2. The lowest BCUT2D eigenvalue weighted by Gasteiger charge is -2.17. The molecule has 0 spiro atoms. The van der Waals surface area contributed by atoms with Gasteiger partial charge in [0.15, 0.2) is 0 Å². The van der Waals surface area contributed by atoms with Crippen LogP contribution in [0.1, 0.15) is 10.4 Å². The summed E-state index contributed by atoms with van der Waals surface area (Å²) in [4.78, 5) is 13.6. The number of anilines is 1. The molecule has 6 nitrogen and oxygen atoms in total. The first-order valence-corrected chi connectivity index (χ1v) is 5.62. The van der Waals surface area contributed by atoms with E-state index in [-0.39, 0.29) is 19.0 Å². The minimum Gasteiger partial charge on any atom is -0.496 e. The number of aliphatic hydroxyl groups is 2. The number of benzene rings is 1. The van der Waals surface area contributed by atoms with Gasteiger partial charge in [-0.05, 0) is 12.1 Å². The molecule has 2 rings (SSSR count). The lowest BCUT2D eigenvalue weighted by molar-refractivity contribution is 0.0572. The van der Waals surface area contributed by atoms with Crippen molar-refractivity contribution in [3.05, 3.63) is 23.8 Å². The molecule has 0 unspecified atom stereocenters. The smallest absolute Gasteiger partial charge is 0.257 e. The Kier molecular flexibility index (Phi) is 3.40. The molecular weight excluding hydrogens is 236 g/mol.